The van der Waals surface area contributed by atoms with Gasteiger partial charge < -0.3 is 48.9 Å². The van der Waals surface area contributed by atoms with E-state index in [1.54, 1.807) is 48.5 Å². The number of anilines is 4. The number of pyridine rings is 2. The Morgan fingerprint density at radius 1 is 0.526 bits per heavy atom. The van der Waals surface area contributed by atoms with Gasteiger partial charge in [-0.1, -0.05) is 36.4 Å². The van der Waals surface area contributed by atoms with Crippen molar-refractivity contribution in [3.05, 3.63) is 145 Å². The zero-order chi connectivity index (χ0) is 54.8. The van der Waals surface area contributed by atoms with Crippen molar-refractivity contribution in [1.82, 2.24) is 39.7 Å². The molecule has 0 bridgehead atoms. The number of hydrogen-bond acceptors (Lipinski definition) is 16. The standard InChI is InChI=1S/2C30H33N5O4/c2*1-30(2,3)39-29(36)35-14-8-9-20(18-35)23-15-24-25(16-26(23)37-4)32-19-33-28(24)34-21-12-13-27(31-17-21)38-22-10-6-5-7-11-22/h2*5-7,10-13,15-17,19-20H,8-9,14,18H2,1-4H3,(H,32,33,34)/t20-;/m1./s1. The van der Waals surface area contributed by atoms with Gasteiger partial charge in [0.05, 0.1) is 49.0 Å². The number of nitrogens with one attached hydrogen (secondary N) is 2. The number of likely N-dealkylation sites (tertiary alicyclic amines) is 2. The summed E-state index contributed by atoms with van der Waals surface area (Å²) in [4.78, 5) is 55.9. The predicted octanol–water partition coefficient (Wildman–Crippen LogP) is 13.4. The van der Waals surface area contributed by atoms with Crippen molar-refractivity contribution in [2.45, 2.75) is 90.3 Å². The molecule has 0 saturated carbocycles. The van der Waals surface area contributed by atoms with Crippen molar-refractivity contribution in [2.24, 2.45) is 0 Å². The van der Waals surface area contributed by atoms with Crippen LogP contribution in [0.25, 0.3) is 21.8 Å². The van der Waals surface area contributed by atoms with Crippen molar-refractivity contribution in [1.29, 1.82) is 0 Å². The molecule has 404 valence electrons. The molecule has 0 aliphatic carbocycles. The number of ether oxygens (including phenoxy) is 6. The van der Waals surface area contributed by atoms with Gasteiger partial charge in [-0.15, -0.1) is 0 Å². The Morgan fingerprint density at radius 2 is 0.936 bits per heavy atom. The molecule has 18 nitrogen and oxygen atoms in total. The average molecular weight is 1060 g/mol. The SMILES string of the molecule is COc1cc2ncnc(Nc3ccc(Oc4ccccc4)nc3)c2cc1C1CCCN(C(=O)OC(C)(C)C)C1.COc1cc2ncnc(Nc3ccc(Oc4ccccc4)nc3)c2cc1[C@@H]1CCCN(C(=O)OC(C)(C)C)C1. The molecule has 2 amide bonds. The summed E-state index contributed by atoms with van der Waals surface area (Å²) in [6, 6.07) is 34.4. The molecular weight excluding hydrogens is 989 g/mol. The summed E-state index contributed by atoms with van der Waals surface area (Å²) in [5.41, 5.74) is 3.99. The average Bonchev–Trinajstić information content (AvgIpc) is 3.52. The lowest BCUT2D eigenvalue weighted by molar-refractivity contribution is 0.0188. The molecule has 1 unspecified atom stereocenters. The normalized spacial score (nSPS) is 15.6. The number of amides is 2. The number of piperidine rings is 2. The fraction of sp³-hybridized carbons (Fsp3) is 0.333. The molecule has 2 atom stereocenters. The summed E-state index contributed by atoms with van der Waals surface area (Å²) >= 11 is 0. The van der Waals surface area contributed by atoms with Crippen molar-refractivity contribution < 1.29 is 38.0 Å². The van der Waals surface area contributed by atoms with Gasteiger partial charge in [0.2, 0.25) is 11.8 Å². The number of hydrogen-bond donors (Lipinski definition) is 2. The molecule has 2 N–H and O–H groups in total. The Labute approximate surface area is 454 Å². The van der Waals surface area contributed by atoms with Gasteiger partial charge in [-0.3, -0.25) is 0 Å². The minimum absolute atomic E-state index is 0.0924. The molecule has 4 aromatic heterocycles. The van der Waals surface area contributed by atoms with E-state index in [1.165, 1.54) is 12.7 Å². The number of para-hydroxylation sites is 2. The molecular formula is C60H66N10O8. The van der Waals surface area contributed by atoms with Crippen molar-refractivity contribution in [3.8, 4) is 34.8 Å². The third-order valence-corrected chi connectivity index (χ3v) is 12.9. The first-order chi connectivity index (χ1) is 37.6. The van der Waals surface area contributed by atoms with E-state index >= 15 is 0 Å². The van der Waals surface area contributed by atoms with Crippen LogP contribution >= 0.6 is 0 Å². The molecule has 2 aliphatic rings. The van der Waals surface area contributed by atoms with Gasteiger partial charge in [-0.2, -0.15) is 0 Å². The van der Waals surface area contributed by atoms with Gasteiger partial charge in [-0.25, -0.2) is 39.5 Å². The number of carbonyl (C=O) groups is 2. The minimum atomic E-state index is -0.538. The zero-order valence-corrected chi connectivity index (χ0v) is 45.4. The highest BCUT2D eigenvalue weighted by atomic mass is 16.6. The van der Waals surface area contributed by atoms with Crippen LogP contribution in [0.4, 0.5) is 32.6 Å². The highest BCUT2D eigenvalue weighted by Gasteiger charge is 2.32. The fourth-order valence-corrected chi connectivity index (χ4v) is 9.36. The quantitative estimate of drug-likeness (QED) is 0.117. The first-order valence-electron chi connectivity index (χ1n) is 26.1. The molecule has 2 aliphatic heterocycles. The Morgan fingerprint density at radius 3 is 1.29 bits per heavy atom. The highest BCUT2D eigenvalue weighted by molar-refractivity contribution is 5.93. The predicted molar refractivity (Wildman–Crippen MR) is 300 cm³/mol. The second kappa shape index (κ2) is 24.0. The van der Waals surface area contributed by atoms with Gasteiger partial charge in [0.15, 0.2) is 0 Å². The number of fused-ring (bicyclic) bond motifs is 2. The molecule has 8 aromatic rings. The van der Waals surface area contributed by atoms with Gasteiger partial charge >= 0.3 is 12.2 Å². The molecule has 6 heterocycles. The van der Waals surface area contributed by atoms with Gasteiger partial charge in [0.1, 0.15) is 58.5 Å². The van der Waals surface area contributed by atoms with Crippen LogP contribution in [0.3, 0.4) is 0 Å². The second-order valence-corrected chi connectivity index (χ2v) is 21.0. The van der Waals surface area contributed by atoms with Crippen LogP contribution in [0.15, 0.2) is 134 Å². The molecule has 0 spiro atoms. The van der Waals surface area contributed by atoms with Crippen LogP contribution in [0.2, 0.25) is 0 Å². The number of carbonyl (C=O) groups excluding carboxylic acids is 2. The van der Waals surface area contributed by atoms with Gasteiger partial charge in [0, 0.05) is 73.1 Å². The summed E-state index contributed by atoms with van der Waals surface area (Å²) in [5.74, 6) is 5.42. The number of rotatable bonds is 12. The number of nitrogens with zero attached hydrogens (tertiary/aromatic N) is 8. The lowest BCUT2D eigenvalue weighted by Crippen LogP contribution is -2.42. The number of aromatic nitrogens is 6. The Hall–Kier alpha value is -8.80. The summed E-state index contributed by atoms with van der Waals surface area (Å²) in [5, 5.41) is 8.44. The molecule has 2 fully saturated rings. The lowest BCUT2D eigenvalue weighted by Gasteiger charge is -2.34. The molecule has 0 radical (unpaired) electrons. The van der Waals surface area contributed by atoms with Gasteiger partial charge in [-0.05, 0) is 127 Å². The van der Waals surface area contributed by atoms with E-state index in [1.807, 2.05) is 126 Å². The number of methoxy groups -OCH3 is 2. The van der Waals surface area contributed by atoms with E-state index in [0.717, 1.165) is 93.0 Å². The third-order valence-electron chi connectivity index (χ3n) is 12.9. The zero-order valence-electron chi connectivity index (χ0n) is 45.4. The summed E-state index contributed by atoms with van der Waals surface area (Å²) in [6.45, 7) is 13.8. The van der Waals surface area contributed by atoms with E-state index < -0.39 is 11.2 Å². The molecule has 18 heteroatoms. The summed E-state index contributed by atoms with van der Waals surface area (Å²) in [7, 11) is 3.31. The highest BCUT2D eigenvalue weighted by Crippen LogP contribution is 2.40. The maximum Gasteiger partial charge on any atom is 0.410 e. The molecule has 78 heavy (non-hydrogen) atoms. The van der Waals surface area contributed by atoms with Crippen LogP contribution in [0.1, 0.15) is 90.2 Å². The molecule has 2 saturated heterocycles. The van der Waals surface area contributed by atoms with Crippen LogP contribution in [0, 0.1) is 0 Å². The van der Waals surface area contributed by atoms with Crippen molar-refractivity contribution in [3.63, 3.8) is 0 Å². The number of benzene rings is 4. The van der Waals surface area contributed by atoms with Crippen LogP contribution < -0.4 is 29.6 Å². The second-order valence-electron chi connectivity index (χ2n) is 21.0. The summed E-state index contributed by atoms with van der Waals surface area (Å²) in [6.07, 6.45) is 9.51. The van der Waals surface area contributed by atoms with E-state index in [-0.39, 0.29) is 24.0 Å². The Kier molecular flexibility index (Phi) is 16.6. The van der Waals surface area contributed by atoms with E-state index in [9.17, 15) is 9.59 Å². The van der Waals surface area contributed by atoms with Gasteiger partial charge in [0.25, 0.3) is 0 Å². The van der Waals surface area contributed by atoms with E-state index in [0.29, 0.717) is 49.6 Å². The van der Waals surface area contributed by atoms with Crippen LogP contribution in [-0.2, 0) is 9.47 Å². The first-order valence-corrected chi connectivity index (χ1v) is 26.1. The maximum atomic E-state index is 12.8. The minimum Gasteiger partial charge on any atom is -0.496 e. The van der Waals surface area contributed by atoms with E-state index in [4.69, 9.17) is 28.4 Å². The Bertz CT molecular complexity index is 3100. The first kappa shape index (κ1) is 54.0. The van der Waals surface area contributed by atoms with Crippen LogP contribution in [-0.4, -0.2) is 103 Å². The lowest BCUT2D eigenvalue weighted by atomic mass is 9.89. The van der Waals surface area contributed by atoms with Crippen LogP contribution in [0.5, 0.6) is 34.8 Å². The maximum absolute atomic E-state index is 12.8. The monoisotopic (exact) mass is 1050 g/mol. The van der Waals surface area contributed by atoms with Crippen molar-refractivity contribution >= 4 is 57.0 Å². The summed E-state index contributed by atoms with van der Waals surface area (Å²) < 4.78 is 34.4. The van der Waals surface area contributed by atoms with Crippen molar-refractivity contribution in [2.75, 3.05) is 51.0 Å². The topological polar surface area (TPSA) is 197 Å². The fourth-order valence-electron chi connectivity index (χ4n) is 9.36. The molecule has 10 rings (SSSR count). The Balaban J connectivity index is 0.000000190. The van der Waals surface area contributed by atoms with E-state index in [2.05, 4.69) is 52.7 Å². The molecule has 4 aromatic carbocycles. The smallest absolute Gasteiger partial charge is 0.410 e. The third kappa shape index (κ3) is 14.0. The largest absolute Gasteiger partial charge is 0.496 e.